The van der Waals surface area contributed by atoms with Crippen molar-refractivity contribution in [1.29, 1.82) is 0 Å². The molecule has 0 aliphatic carbocycles. The smallest absolute Gasteiger partial charge is 0.193 e. The van der Waals surface area contributed by atoms with Crippen LogP contribution in [0.5, 0.6) is 0 Å². The summed E-state index contributed by atoms with van der Waals surface area (Å²) in [4.78, 5) is 7.22. The molecule has 1 aromatic carbocycles. The van der Waals surface area contributed by atoms with E-state index in [0.29, 0.717) is 6.10 Å². The van der Waals surface area contributed by atoms with Crippen molar-refractivity contribution < 1.29 is 9.47 Å². The number of guanidine groups is 1. The topological polar surface area (TPSA) is 46.1 Å². The highest BCUT2D eigenvalue weighted by atomic mass is 127. The average Bonchev–Trinajstić information content (AvgIpc) is 2.68. The van der Waals surface area contributed by atoms with Crippen molar-refractivity contribution in [2.75, 3.05) is 46.5 Å². The Morgan fingerprint density at radius 2 is 2.04 bits per heavy atom. The zero-order valence-corrected chi connectivity index (χ0v) is 21.1. The quantitative estimate of drug-likeness (QED) is 0.196. The maximum atomic E-state index is 5.96. The van der Waals surface area contributed by atoms with Gasteiger partial charge in [-0.2, -0.15) is 0 Å². The number of hydrogen-bond donors (Lipinski definition) is 1. The summed E-state index contributed by atoms with van der Waals surface area (Å²) in [6.07, 6.45) is 5.59. The average molecular weight is 568 g/mol. The minimum atomic E-state index is 0. The third-order valence-corrected chi connectivity index (χ3v) is 5.19. The molecule has 0 amide bonds. The monoisotopic (exact) mass is 567 g/mol. The van der Waals surface area contributed by atoms with Gasteiger partial charge in [-0.1, -0.05) is 28.1 Å². The molecule has 0 bridgehead atoms. The van der Waals surface area contributed by atoms with Crippen LogP contribution in [0.1, 0.15) is 38.2 Å². The van der Waals surface area contributed by atoms with Gasteiger partial charge >= 0.3 is 0 Å². The van der Waals surface area contributed by atoms with Crippen LogP contribution in [-0.4, -0.2) is 63.5 Å². The molecular weight excluding hydrogens is 533 g/mol. The number of piperidine rings is 1. The fourth-order valence-corrected chi connectivity index (χ4v) is 3.72. The van der Waals surface area contributed by atoms with Gasteiger partial charge in [0.1, 0.15) is 0 Å². The van der Waals surface area contributed by atoms with Gasteiger partial charge in [-0.05, 0) is 56.7 Å². The Kier molecular flexibility index (Phi) is 14.2. The normalized spacial score (nSPS) is 15.4. The number of hydrogen-bond acceptors (Lipinski definition) is 3. The van der Waals surface area contributed by atoms with Gasteiger partial charge in [-0.15, -0.1) is 24.0 Å². The number of nitrogens with zero attached hydrogens (tertiary/aromatic N) is 2. The van der Waals surface area contributed by atoms with Crippen LogP contribution in [-0.2, 0) is 15.9 Å². The lowest BCUT2D eigenvalue weighted by Gasteiger charge is -2.34. The number of ether oxygens (including phenoxy) is 2. The SMILES string of the molecule is CCNC(=NCCCc1cccc(Br)c1)N1CCC(OCCCOC)CC1.I. The van der Waals surface area contributed by atoms with E-state index in [9.17, 15) is 0 Å². The molecule has 7 heteroatoms. The predicted molar refractivity (Wildman–Crippen MR) is 131 cm³/mol. The van der Waals surface area contributed by atoms with Crippen LogP contribution in [0.2, 0.25) is 0 Å². The van der Waals surface area contributed by atoms with E-state index in [-0.39, 0.29) is 24.0 Å². The molecule has 0 unspecified atom stereocenters. The van der Waals surface area contributed by atoms with Gasteiger partial charge in [0, 0.05) is 51.0 Å². The zero-order chi connectivity index (χ0) is 19.3. The van der Waals surface area contributed by atoms with Crippen LogP contribution in [0.4, 0.5) is 0 Å². The van der Waals surface area contributed by atoms with E-state index in [1.54, 1.807) is 7.11 Å². The summed E-state index contributed by atoms with van der Waals surface area (Å²) >= 11 is 3.53. The molecule has 1 N–H and O–H groups in total. The molecule has 2 rings (SSSR count). The van der Waals surface area contributed by atoms with Gasteiger partial charge in [0.05, 0.1) is 6.10 Å². The van der Waals surface area contributed by atoms with Gasteiger partial charge in [0.2, 0.25) is 0 Å². The summed E-state index contributed by atoms with van der Waals surface area (Å²) in [6, 6.07) is 8.52. The van der Waals surface area contributed by atoms with Crippen molar-refractivity contribution in [2.45, 2.75) is 45.1 Å². The number of nitrogens with one attached hydrogen (secondary N) is 1. The molecule has 1 aromatic rings. The molecule has 1 fully saturated rings. The Labute approximate surface area is 195 Å². The number of aryl methyl sites for hydroxylation is 1. The molecule has 1 aliphatic heterocycles. The first-order chi connectivity index (χ1) is 13.2. The van der Waals surface area contributed by atoms with Crippen molar-refractivity contribution in [3.63, 3.8) is 0 Å². The summed E-state index contributed by atoms with van der Waals surface area (Å²) in [5.74, 6) is 1.05. The highest BCUT2D eigenvalue weighted by molar-refractivity contribution is 14.0. The van der Waals surface area contributed by atoms with Crippen molar-refractivity contribution in [2.24, 2.45) is 4.99 Å². The minimum Gasteiger partial charge on any atom is -0.385 e. The fraction of sp³-hybridized carbons (Fsp3) is 0.667. The molecule has 0 spiro atoms. The number of rotatable bonds is 10. The minimum absolute atomic E-state index is 0. The van der Waals surface area contributed by atoms with Crippen molar-refractivity contribution in [1.82, 2.24) is 10.2 Å². The maximum Gasteiger partial charge on any atom is 0.193 e. The largest absolute Gasteiger partial charge is 0.385 e. The molecule has 28 heavy (non-hydrogen) atoms. The van der Waals surface area contributed by atoms with Gasteiger partial charge in [0.15, 0.2) is 5.96 Å². The van der Waals surface area contributed by atoms with Gasteiger partial charge in [-0.3, -0.25) is 4.99 Å². The highest BCUT2D eigenvalue weighted by Gasteiger charge is 2.21. The number of likely N-dealkylation sites (tertiary alicyclic amines) is 1. The standard InChI is InChI=1S/C21H34BrN3O2.HI/c1-3-23-21(24-12-5-8-18-7-4-9-19(22)17-18)25-13-10-20(11-14-25)27-16-6-15-26-2;/h4,7,9,17,20H,3,5-6,8,10-16H2,1-2H3,(H,23,24);1H. The Hall–Kier alpha value is -0.380. The van der Waals surface area contributed by atoms with Gasteiger partial charge in [0.25, 0.3) is 0 Å². The van der Waals surface area contributed by atoms with Crippen LogP contribution in [0, 0.1) is 0 Å². The van der Waals surface area contributed by atoms with E-state index in [1.165, 1.54) is 5.56 Å². The van der Waals surface area contributed by atoms with Gasteiger partial charge < -0.3 is 19.7 Å². The first-order valence-electron chi connectivity index (χ1n) is 10.1. The Morgan fingerprint density at radius 3 is 2.71 bits per heavy atom. The second-order valence-electron chi connectivity index (χ2n) is 6.87. The molecule has 1 aliphatic rings. The van der Waals surface area contributed by atoms with E-state index in [1.807, 2.05) is 0 Å². The molecule has 0 atom stereocenters. The summed E-state index contributed by atoms with van der Waals surface area (Å²) in [5.41, 5.74) is 1.36. The summed E-state index contributed by atoms with van der Waals surface area (Å²) in [7, 11) is 1.73. The Morgan fingerprint density at radius 1 is 1.25 bits per heavy atom. The summed E-state index contributed by atoms with van der Waals surface area (Å²) < 4.78 is 12.2. The molecule has 5 nitrogen and oxygen atoms in total. The number of halogens is 2. The molecule has 1 heterocycles. The van der Waals surface area contributed by atoms with E-state index >= 15 is 0 Å². The van der Waals surface area contributed by atoms with Crippen LogP contribution >= 0.6 is 39.9 Å². The van der Waals surface area contributed by atoms with E-state index in [0.717, 1.165) is 81.9 Å². The highest BCUT2D eigenvalue weighted by Crippen LogP contribution is 2.15. The van der Waals surface area contributed by atoms with Crippen LogP contribution in [0.15, 0.2) is 33.7 Å². The third-order valence-electron chi connectivity index (χ3n) is 4.70. The molecule has 0 radical (unpaired) electrons. The fourth-order valence-electron chi connectivity index (χ4n) is 3.27. The maximum absolute atomic E-state index is 5.96. The number of aliphatic imine (C=N–C) groups is 1. The lowest BCUT2D eigenvalue weighted by atomic mass is 10.1. The third kappa shape index (κ3) is 9.89. The molecule has 1 saturated heterocycles. The lowest BCUT2D eigenvalue weighted by Crippen LogP contribution is -2.47. The molecular formula is C21H35BrIN3O2. The summed E-state index contributed by atoms with van der Waals surface area (Å²) in [6.45, 7) is 7.46. The Balaban J connectivity index is 0.00000392. The Bertz CT molecular complexity index is 566. The van der Waals surface area contributed by atoms with Crippen molar-refractivity contribution >= 4 is 45.9 Å². The van der Waals surface area contributed by atoms with Crippen molar-refractivity contribution in [3.05, 3.63) is 34.3 Å². The molecule has 160 valence electrons. The van der Waals surface area contributed by atoms with Gasteiger partial charge in [-0.25, -0.2) is 0 Å². The second kappa shape index (κ2) is 15.5. The molecule has 0 saturated carbocycles. The predicted octanol–water partition coefficient (Wildman–Crippen LogP) is 4.48. The second-order valence-corrected chi connectivity index (χ2v) is 7.79. The zero-order valence-electron chi connectivity index (χ0n) is 17.2. The summed E-state index contributed by atoms with van der Waals surface area (Å²) in [5, 5.41) is 3.45. The number of methoxy groups -OCH3 is 1. The van der Waals surface area contributed by atoms with Crippen LogP contribution < -0.4 is 5.32 Å². The van der Waals surface area contributed by atoms with Crippen molar-refractivity contribution in [3.8, 4) is 0 Å². The first-order valence-corrected chi connectivity index (χ1v) is 10.9. The van der Waals surface area contributed by atoms with E-state index in [4.69, 9.17) is 14.5 Å². The number of benzene rings is 1. The van der Waals surface area contributed by atoms with Crippen LogP contribution in [0.3, 0.4) is 0 Å². The van der Waals surface area contributed by atoms with Crippen LogP contribution in [0.25, 0.3) is 0 Å². The first kappa shape index (κ1) is 25.7. The van der Waals surface area contributed by atoms with E-state index in [2.05, 4.69) is 57.3 Å². The molecule has 0 aromatic heterocycles. The van der Waals surface area contributed by atoms with E-state index < -0.39 is 0 Å². The lowest BCUT2D eigenvalue weighted by molar-refractivity contribution is 0.00990.